The molecule has 7 nitrogen and oxygen atoms in total. The Hall–Kier alpha value is -3.05. The Bertz CT molecular complexity index is 945. The molecule has 3 rings (SSSR count). The van der Waals surface area contributed by atoms with Crippen molar-refractivity contribution >= 4 is 11.8 Å². The van der Waals surface area contributed by atoms with E-state index in [0.717, 1.165) is 31.7 Å². The van der Waals surface area contributed by atoms with Crippen molar-refractivity contribution in [1.29, 1.82) is 0 Å². The van der Waals surface area contributed by atoms with Crippen LogP contribution in [0.15, 0.2) is 36.5 Å². The van der Waals surface area contributed by atoms with Crippen LogP contribution in [0.2, 0.25) is 0 Å². The van der Waals surface area contributed by atoms with Crippen LogP contribution in [0.4, 0.5) is 32.4 Å². The van der Waals surface area contributed by atoms with Gasteiger partial charge in [0.25, 0.3) is 0 Å². The van der Waals surface area contributed by atoms with E-state index in [1.165, 1.54) is 35.1 Å². The molecule has 1 aromatic carbocycles. The summed E-state index contributed by atoms with van der Waals surface area (Å²) in [5.74, 6) is 0.0530. The summed E-state index contributed by atoms with van der Waals surface area (Å²) in [6.45, 7) is -1.18. The highest BCUT2D eigenvalue weighted by atomic mass is 19.4. The van der Waals surface area contributed by atoms with Gasteiger partial charge >= 0.3 is 18.9 Å². The number of halogens is 5. The molecule has 12 heteroatoms. The molecular weight excluding hydrogens is 475 g/mol. The predicted octanol–water partition coefficient (Wildman–Crippen LogP) is 5.66. The minimum Gasteiger partial charge on any atom is -0.444 e. The number of carbonyl (C=O) groups excluding carboxylic acids is 1. The van der Waals surface area contributed by atoms with Crippen LogP contribution in [0, 0.1) is 11.8 Å². The molecule has 0 aliphatic heterocycles. The molecule has 1 aliphatic carbocycles. The van der Waals surface area contributed by atoms with Crippen molar-refractivity contribution in [3.63, 3.8) is 0 Å². The molecular formula is C23H29F5N4O3. The maximum absolute atomic E-state index is 13.1. The number of hydrogen-bond acceptors (Lipinski definition) is 5. The van der Waals surface area contributed by atoms with Gasteiger partial charge in [0.1, 0.15) is 11.9 Å². The zero-order valence-corrected chi connectivity index (χ0v) is 19.2. The first-order valence-corrected chi connectivity index (χ1v) is 11.4. The molecule has 0 spiro atoms. The van der Waals surface area contributed by atoms with Gasteiger partial charge in [0.15, 0.2) is 5.69 Å². The number of rotatable bonds is 11. The van der Waals surface area contributed by atoms with E-state index in [0.29, 0.717) is 18.0 Å². The molecule has 1 aliphatic rings. The summed E-state index contributed by atoms with van der Waals surface area (Å²) in [5, 5.41) is 6.95. The summed E-state index contributed by atoms with van der Waals surface area (Å²) in [6.07, 6.45) is -0.189. The second-order valence-electron chi connectivity index (χ2n) is 8.78. The fraction of sp³-hybridized carbons (Fsp3) is 0.565. The third-order valence-electron chi connectivity index (χ3n) is 6.19. The van der Waals surface area contributed by atoms with Gasteiger partial charge in [0, 0.05) is 24.3 Å². The fourth-order valence-corrected chi connectivity index (χ4v) is 4.66. The molecule has 194 valence electrons. The number of aromatic nitrogens is 2. The summed E-state index contributed by atoms with van der Waals surface area (Å²) in [5.41, 5.74) is 4.78. The first-order chi connectivity index (χ1) is 16.5. The van der Waals surface area contributed by atoms with Crippen LogP contribution in [0.5, 0.6) is 5.75 Å². The van der Waals surface area contributed by atoms with Gasteiger partial charge in [-0.3, -0.25) is 4.68 Å². The lowest BCUT2D eigenvalue weighted by Crippen LogP contribution is -2.44. The number of ether oxygens (including phenoxy) is 2. The number of primary amides is 1. The smallest absolute Gasteiger partial charge is 0.435 e. The zero-order valence-electron chi connectivity index (χ0n) is 19.2. The van der Waals surface area contributed by atoms with Crippen LogP contribution in [0.3, 0.4) is 0 Å². The van der Waals surface area contributed by atoms with Crippen LogP contribution in [0.25, 0.3) is 0 Å². The Balaban J connectivity index is 1.86. The van der Waals surface area contributed by atoms with E-state index in [2.05, 4.69) is 15.2 Å². The monoisotopic (exact) mass is 504 g/mol. The molecule has 1 heterocycles. The number of carbonyl (C=O) groups is 1. The number of amides is 1. The number of nitrogens with two attached hydrogens (primary N) is 1. The van der Waals surface area contributed by atoms with Crippen molar-refractivity contribution in [3.05, 3.63) is 42.2 Å². The normalized spacial score (nSPS) is 17.2. The highest BCUT2D eigenvalue weighted by molar-refractivity contribution is 5.65. The highest BCUT2D eigenvalue weighted by Crippen LogP contribution is 2.34. The second-order valence-corrected chi connectivity index (χ2v) is 8.78. The maximum atomic E-state index is 13.1. The van der Waals surface area contributed by atoms with Crippen molar-refractivity contribution in [2.75, 3.05) is 5.32 Å². The zero-order chi connectivity index (χ0) is 25.6. The summed E-state index contributed by atoms with van der Waals surface area (Å²) in [4.78, 5) is 11.5. The SMILES string of the molecule is CC(OC(N)=O)[C@H](Nc1ccc(OC(F)F)cc1)[C@@H](CC1CCCC1)Cn1ccc(C(F)(F)F)n1. The third-order valence-corrected chi connectivity index (χ3v) is 6.19. The number of hydrogen-bond donors (Lipinski definition) is 2. The topological polar surface area (TPSA) is 91.4 Å². The van der Waals surface area contributed by atoms with Crippen LogP contribution in [0.1, 0.15) is 44.7 Å². The van der Waals surface area contributed by atoms with Gasteiger partial charge in [-0.25, -0.2) is 4.79 Å². The molecule has 0 bridgehead atoms. The van der Waals surface area contributed by atoms with E-state index < -0.39 is 36.7 Å². The number of anilines is 1. The first-order valence-electron chi connectivity index (χ1n) is 11.4. The van der Waals surface area contributed by atoms with Crippen molar-refractivity contribution in [3.8, 4) is 5.75 Å². The Morgan fingerprint density at radius 3 is 2.40 bits per heavy atom. The summed E-state index contributed by atoms with van der Waals surface area (Å²) < 4.78 is 75.0. The summed E-state index contributed by atoms with van der Waals surface area (Å²) in [7, 11) is 0. The van der Waals surface area contributed by atoms with Crippen LogP contribution >= 0.6 is 0 Å². The summed E-state index contributed by atoms with van der Waals surface area (Å²) in [6, 6.07) is 6.15. The molecule has 35 heavy (non-hydrogen) atoms. The van der Waals surface area contributed by atoms with Crippen molar-refractivity contribution in [2.24, 2.45) is 17.6 Å². The quantitative estimate of drug-likeness (QED) is 0.385. The Morgan fingerprint density at radius 2 is 1.86 bits per heavy atom. The molecule has 1 aromatic heterocycles. The van der Waals surface area contributed by atoms with E-state index in [1.54, 1.807) is 6.92 Å². The second kappa shape index (κ2) is 11.6. The average molecular weight is 505 g/mol. The van der Waals surface area contributed by atoms with Crippen LogP contribution in [-0.4, -0.2) is 34.6 Å². The number of benzene rings is 1. The van der Waals surface area contributed by atoms with Crippen LogP contribution in [-0.2, 0) is 17.5 Å². The van der Waals surface area contributed by atoms with Gasteiger partial charge in [-0.1, -0.05) is 25.7 Å². The molecule has 0 saturated heterocycles. The lowest BCUT2D eigenvalue weighted by Gasteiger charge is -2.34. The lowest BCUT2D eigenvalue weighted by atomic mass is 9.85. The Labute approximate surface area is 199 Å². The van der Waals surface area contributed by atoms with Gasteiger partial charge in [-0.15, -0.1) is 0 Å². The standard InChI is InChI=1S/C23H29F5N4O3/c1-14(34-22(29)33)20(30-17-6-8-18(9-7-17)35-21(24)25)16(12-15-4-2-3-5-15)13-32-11-10-19(31-32)23(26,27)28/h6-11,14-16,20-21,30H,2-5,12-13H2,1H3,(H2,29,33)/t14?,16-,20-/m0/s1. The lowest BCUT2D eigenvalue weighted by molar-refractivity contribution is -0.141. The largest absolute Gasteiger partial charge is 0.444 e. The van der Waals surface area contributed by atoms with E-state index in [9.17, 15) is 26.7 Å². The molecule has 1 unspecified atom stereocenters. The third kappa shape index (κ3) is 8.00. The van der Waals surface area contributed by atoms with Crippen molar-refractivity contribution in [1.82, 2.24) is 9.78 Å². The number of alkyl halides is 5. The first kappa shape index (κ1) is 26.6. The predicted molar refractivity (Wildman–Crippen MR) is 118 cm³/mol. The Kier molecular flexibility index (Phi) is 8.79. The molecule has 3 N–H and O–H groups in total. The Morgan fingerprint density at radius 1 is 1.20 bits per heavy atom. The molecule has 2 aromatic rings. The number of nitrogens with one attached hydrogen (secondary N) is 1. The highest BCUT2D eigenvalue weighted by Gasteiger charge is 2.35. The van der Waals surface area contributed by atoms with E-state index >= 15 is 0 Å². The number of nitrogens with zero attached hydrogens (tertiary/aromatic N) is 2. The van der Waals surface area contributed by atoms with Gasteiger partial charge < -0.3 is 20.5 Å². The minimum atomic E-state index is -4.56. The summed E-state index contributed by atoms with van der Waals surface area (Å²) >= 11 is 0. The average Bonchev–Trinajstić information content (AvgIpc) is 3.44. The van der Waals surface area contributed by atoms with Gasteiger partial charge in [-0.2, -0.15) is 27.1 Å². The van der Waals surface area contributed by atoms with Crippen molar-refractivity contribution in [2.45, 2.75) is 70.5 Å². The molecule has 0 radical (unpaired) electrons. The van der Waals surface area contributed by atoms with Gasteiger partial charge in [-0.05, 0) is 49.6 Å². The van der Waals surface area contributed by atoms with E-state index in [-0.39, 0.29) is 18.2 Å². The molecule has 1 saturated carbocycles. The molecule has 3 atom stereocenters. The fourth-order valence-electron chi connectivity index (χ4n) is 4.66. The van der Waals surface area contributed by atoms with Gasteiger partial charge in [0.05, 0.1) is 6.04 Å². The van der Waals surface area contributed by atoms with Crippen LogP contribution < -0.4 is 15.8 Å². The van der Waals surface area contributed by atoms with E-state index in [1.807, 2.05) is 0 Å². The van der Waals surface area contributed by atoms with Gasteiger partial charge in [0.2, 0.25) is 0 Å². The van der Waals surface area contributed by atoms with Crippen molar-refractivity contribution < 1.29 is 36.2 Å². The maximum Gasteiger partial charge on any atom is 0.435 e. The van der Waals surface area contributed by atoms with E-state index in [4.69, 9.17) is 10.5 Å². The molecule has 1 fully saturated rings. The minimum absolute atomic E-state index is 0.0257. The molecule has 1 amide bonds.